The SMILES string of the molecule is CCC[C@H](c1ccc(C=O)c(N[C@@H](C)C(=O)O)c1)C(c1ccc(Cl)cc1)c1c[nH]c2c(F)cc(C)cc12. The topological polar surface area (TPSA) is 82.2 Å². The maximum Gasteiger partial charge on any atom is 0.325 e. The van der Waals surface area contributed by atoms with Gasteiger partial charge in [0.05, 0.1) is 5.52 Å². The summed E-state index contributed by atoms with van der Waals surface area (Å²) in [7, 11) is 0. The number of aldehydes is 1. The van der Waals surface area contributed by atoms with Crippen LogP contribution in [0.3, 0.4) is 0 Å². The molecular weight excluding hydrogens is 491 g/mol. The lowest BCUT2D eigenvalue weighted by Gasteiger charge is -2.29. The summed E-state index contributed by atoms with van der Waals surface area (Å²) in [5, 5.41) is 13.8. The van der Waals surface area contributed by atoms with Gasteiger partial charge in [0.2, 0.25) is 0 Å². The molecule has 0 amide bonds. The standard InChI is InChI=1S/C30H30ClFN2O3/c1-4-5-23(20-6-7-21(16-35)27(14-20)34-18(3)30(36)37)28(19-8-10-22(31)11-9-19)25-15-33-29-24(25)12-17(2)13-26(29)32/h6-16,18,23,28,33-34H,4-5H2,1-3H3,(H,36,37)/t18-,23+,28?/m0/s1. The number of carboxylic acids is 1. The van der Waals surface area contributed by atoms with Crippen molar-refractivity contribution < 1.29 is 19.1 Å². The first-order chi connectivity index (χ1) is 17.7. The lowest BCUT2D eigenvalue weighted by molar-refractivity contribution is -0.137. The number of fused-ring (bicyclic) bond motifs is 1. The molecule has 192 valence electrons. The zero-order valence-electron chi connectivity index (χ0n) is 21.0. The second-order valence-corrected chi connectivity index (χ2v) is 9.94. The lowest BCUT2D eigenvalue weighted by Crippen LogP contribution is -2.26. The number of anilines is 1. The fourth-order valence-electron chi connectivity index (χ4n) is 5.06. The normalized spacial score (nSPS) is 13.8. The van der Waals surface area contributed by atoms with E-state index in [4.69, 9.17) is 11.6 Å². The Morgan fingerprint density at radius 3 is 2.49 bits per heavy atom. The van der Waals surface area contributed by atoms with Gasteiger partial charge in [-0.2, -0.15) is 0 Å². The molecule has 4 rings (SSSR count). The molecule has 5 nitrogen and oxygen atoms in total. The third kappa shape index (κ3) is 5.54. The van der Waals surface area contributed by atoms with E-state index in [1.807, 2.05) is 55.6 Å². The predicted octanol–water partition coefficient (Wildman–Crippen LogP) is 7.68. The Morgan fingerprint density at radius 2 is 1.84 bits per heavy atom. The van der Waals surface area contributed by atoms with Crippen molar-refractivity contribution in [2.24, 2.45) is 0 Å². The van der Waals surface area contributed by atoms with Gasteiger partial charge in [0, 0.05) is 33.8 Å². The summed E-state index contributed by atoms with van der Waals surface area (Å²) in [6.45, 7) is 5.52. The second-order valence-electron chi connectivity index (χ2n) is 9.51. The molecule has 7 heteroatoms. The maximum absolute atomic E-state index is 14.8. The Morgan fingerprint density at radius 1 is 1.14 bits per heavy atom. The molecule has 3 N–H and O–H groups in total. The number of aliphatic carboxylic acids is 1. The molecule has 0 bridgehead atoms. The second kappa shape index (κ2) is 11.2. The van der Waals surface area contributed by atoms with Crippen molar-refractivity contribution in [3.8, 4) is 0 Å². The highest BCUT2D eigenvalue weighted by molar-refractivity contribution is 6.30. The third-order valence-corrected chi connectivity index (χ3v) is 7.11. The number of aryl methyl sites for hydroxylation is 1. The first-order valence-corrected chi connectivity index (χ1v) is 12.7. The highest BCUT2D eigenvalue weighted by Gasteiger charge is 2.29. The molecule has 3 aromatic carbocycles. The van der Waals surface area contributed by atoms with Gasteiger partial charge in [-0.05, 0) is 84.8 Å². The van der Waals surface area contributed by atoms with E-state index in [1.54, 1.807) is 6.07 Å². The summed E-state index contributed by atoms with van der Waals surface area (Å²) in [4.78, 5) is 26.4. The average molecular weight is 521 g/mol. The van der Waals surface area contributed by atoms with Crippen LogP contribution in [0.2, 0.25) is 5.02 Å². The van der Waals surface area contributed by atoms with Crippen molar-refractivity contribution in [2.45, 2.75) is 51.5 Å². The van der Waals surface area contributed by atoms with Crippen LogP contribution in [0.4, 0.5) is 10.1 Å². The molecule has 0 aliphatic rings. The van der Waals surface area contributed by atoms with Gasteiger partial charge in [0.15, 0.2) is 6.29 Å². The van der Waals surface area contributed by atoms with E-state index in [2.05, 4.69) is 17.2 Å². The quantitative estimate of drug-likeness (QED) is 0.187. The fourth-order valence-corrected chi connectivity index (χ4v) is 5.19. The van der Waals surface area contributed by atoms with Gasteiger partial charge < -0.3 is 15.4 Å². The number of aromatic nitrogens is 1. The molecule has 1 unspecified atom stereocenters. The van der Waals surface area contributed by atoms with Crippen LogP contribution in [0.5, 0.6) is 0 Å². The zero-order valence-corrected chi connectivity index (χ0v) is 21.8. The number of H-pyrrole nitrogens is 1. The van der Waals surface area contributed by atoms with Crippen LogP contribution in [0.1, 0.15) is 71.1 Å². The van der Waals surface area contributed by atoms with E-state index in [0.29, 0.717) is 21.8 Å². The summed E-state index contributed by atoms with van der Waals surface area (Å²) in [6.07, 6.45) is 4.29. The largest absolute Gasteiger partial charge is 0.480 e. The molecule has 1 aromatic heterocycles. The molecule has 1 heterocycles. The number of carboxylic acid groups (broad SMARTS) is 1. The van der Waals surface area contributed by atoms with Crippen LogP contribution in [0.15, 0.2) is 60.8 Å². The molecule has 0 aliphatic heterocycles. The molecule has 0 aliphatic carbocycles. The fraction of sp³-hybridized carbons (Fsp3) is 0.267. The molecule has 0 radical (unpaired) electrons. The van der Waals surface area contributed by atoms with Crippen molar-refractivity contribution in [1.82, 2.24) is 4.98 Å². The first kappa shape index (κ1) is 26.4. The van der Waals surface area contributed by atoms with Gasteiger partial charge in [-0.3, -0.25) is 9.59 Å². The molecule has 4 aromatic rings. The number of hydrogen-bond acceptors (Lipinski definition) is 3. The number of aromatic amines is 1. The molecule has 37 heavy (non-hydrogen) atoms. The number of hydrogen-bond donors (Lipinski definition) is 3. The Kier molecular flexibility index (Phi) is 7.98. The van der Waals surface area contributed by atoms with Crippen LogP contribution in [-0.2, 0) is 4.79 Å². The smallest absolute Gasteiger partial charge is 0.325 e. The molecule has 3 atom stereocenters. The van der Waals surface area contributed by atoms with Crippen LogP contribution < -0.4 is 5.32 Å². The van der Waals surface area contributed by atoms with Crippen molar-refractivity contribution in [3.63, 3.8) is 0 Å². The minimum atomic E-state index is -1.01. The summed E-state index contributed by atoms with van der Waals surface area (Å²) < 4.78 is 14.8. The van der Waals surface area contributed by atoms with E-state index < -0.39 is 12.0 Å². The van der Waals surface area contributed by atoms with Crippen molar-refractivity contribution in [3.05, 3.63) is 99.5 Å². The molecule has 0 saturated heterocycles. The van der Waals surface area contributed by atoms with Gasteiger partial charge in [-0.1, -0.05) is 43.1 Å². The molecular formula is C30H30ClFN2O3. The number of benzene rings is 3. The minimum Gasteiger partial charge on any atom is -0.480 e. The number of carbonyl (C=O) groups excluding carboxylic acids is 1. The number of rotatable bonds is 10. The zero-order chi connectivity index (χ0) is 26.7. The number of nitrogens with one attached hydrogen (secondary N) is 2. The minimum absolute atomic E-state index is 0.0462. The van der Waals surface area contributed by atoms with Gasteiger partial charge in [0.1, 0.15) is 11.9 Å². The van der Waals surface area contributed by atoms with Gasteiger partial charge >= 0.3 is 5.97 Å². The summed E-state index contributed by atoms with van der Waals surface area (Å²) in [5.41, 5.74) is 5.10. The molecule has 0 spiro atoms. The Labute approximate surface area is 220 Å². The maximum atomic E-state index is 14.8. The highest BCUT2D eigenvalue weighted by Crippen LogP contribution is 2.45. The van der Waals surface area contributed by atoms with Gasteiger partial charge in [-0.25, -0.2) is 4.39 Å². The monoisotopic (exact) mass is 520 g/mol. The van der Waals surface area contributed by atoms with Gasteiger partial charge in [-0.15, -0.1) is 0 Å². The Hall–Kier alpha value is -3.64. The van der Waals surface area contributed by atoms with Crippen LogP contribution in [-0.4, -0.2) is 28.4 Å². The summed E-state index contributed by atoms with van der Waals surface area (Å²) in [6, 6.07) is 15.8. The van der Waals surface area contributed by atoms with E-state index in [-0.39, 0.29) is 17.7 Å². The van der Waals surface area contributed by atoms with E-state index in [0.717, 1.165) is 46.8 Å². The van der Waals surface area contributed by atoms with Crippen LogP contribution >= 0.6 is 11.6 Å². The van der Waals surface area contributed by atoms with E-state index >= 15 is 0 Å². The lowest BCUT2D eigenvalue weighted by atomic mass is 9.74. The molecule has 0 fully saturated rings. The van der Waals surface area contributed by atoms with Crippen LogP contribution in [0, 0.1) is 12.7 Å². The summed E-state index contributed by atoms with van der Waals surface area (Å²) in [5.74, 6) is -1.51. The number of halogens is 2. The third-order valence-electron chi connectivity index (χ3n) is 6.86. The Balaban J connectivity index is 1.92. The molecule has 0 saturated carbocycles. The van der Waals surface area contributed by atoms with E-state index in [9.17, 15) is 19.1 Å². The first-order valence-electron chi connectivity index (χ1n) is 12.3. The highest BCUT2D eigenvalue weighted by atomic mass is 35.5. The predicted molar refractivity (Wildman–Crippen MR) is 146 cm³/mol. The van der Waals surface area contributed by atoms with E-state index in [1.165, 1.54) is 13.0 Å². The van der Waals surface area contributed by atoms with Crippen molar-refractivity contribution in [1.29, 1.82) is 0 Å². The average Bonchev–Trinajstić information content (AvgIpc) is 3.28. The van der Waals surface area contributed by atoms with Gasteiger partial charge in [0.25, 0.3) is 0 Å². The van der Waals surface area contributed by atoms with Crippen molar-refractivity contribution >= 4 is 40.4 Å². The Bertz CT molecular complexity index is 1430. The van der Waals surface area contributed by atoms with Crippen LogP contribution in [0.25, 0.3) is 10.9 Å². The summed E-state index contributed by atoms with van der Waals surface area (Å²) >= 11 is 6.22. The van der Waals surface area contributed by atoms with Crippen molar-refractivity contribution in [2.75, 3.05) is 5.32 Å². The number of carbonyl (C=O) groups is 2.